The molecule has 0 radical (unpaired) electrons. The van der Waals surface area contributed by atoms with Gasteiger partial charge in [-0.1, -0.05) is 60.7 Å². The standard InChI is InChI=1S/C29H27FN2O3.C9H9FO3/c1-34-26-14-13-20(16-23(26)30)17-25-28-27(21-10-5-6-12-24(21)31-28)22(29(33)32-25)11-7-15-35-18-19-8-3-2-4-9-19;1-13-8-3-2-6(4-7(8)10)5-9(11)12/h2-6,8-10,12-14,16,31H,7,11,15,17-18H2,1H3,(H,32,33);2-4H,5H2,1H3,(H,11,12). The van der Waals surface area contributed by atoms with Gasteiger partial charge < -0.3 is 29.3 Å². The van der Waals surface area contributed by atoms with E-state index in [-0.39, 0.29) is 23.5 Å². The number of nitrogens with one attached hydrogen (secondary N) is 2. The highest BCUT2D eigenvalue weighted by molar-refractivity contribution is 6.09. The average Bonchev–Trinajstić information content (AvgIpc) is 3.46. The number of halogens is 2. The zero-order valence-electron chi connectivity index (χ0n) is 26.6. The second-order valence-electron chi connectivity index (χ2n) is 11.2. The molecule has 0 aliphatic heterocycles. The summed E-state index contributed by atoms with van der Waals surface area (Å²) in [6, 6.07) is 27.0. The number of rotatable bonds is 12. The van der Waals surface area contributed by atoms with Crippen LogP contribution >= 0.6 is 0 Å². The van der Waals surface area contributed by atoms with Gasteiger partial charge in [0.15, 0.2) is 23.1 Å². The van der Waals surface area contributed by atoms with E-state index in [0.717, 1.165) is 56.7 Å². The summed E-state index contributed by atoms with van der Waals surface area (Å²) >= 11 is 0. The third-order valence-electron chi connectivity index (χ3n) is 7.84. The lowest BCUT2D eigenvalue weighted by molar-refractivity contribution is -0.136. The molecule has 0 fully saturated rings. The van der Waals surface area contributed by atoms with Crippen LogP contribution in [0, 0.1) is 11.6 Å². The first-order valence-electron chi connectivity index (χ1n) is 15.4. The maximum Gasteiger partial charge on any atom is 0.307 e. The molecule has 3 N–H and O–H groups in total. The van der Waals surface area contributed by atoms with E-state index in [1.807, 2.05) is 60.7 Å². The lowest BCUT2D eigenvalue weighted by Gasteiger charge is -2.10. The number of aromatic amines is 2. The van der Waals surface area contributed by atoms with Crippen molar-refractivity contribution in [3.05, 3.63) is 141 Å². The minimum atomic E-state index is -0.982. The minimum absolute atomic E-state index is 0.116. The molecule has 0 spiro atoms. The van der Waals surface area contributed by atoms with Crippen LogP contribution in [0.5, 0.6) is 11.5 Å². The number of hydrogen-bond acceptors (Lipinski definition) is 5. The summed E-state index contributed by atoms with van der Waals surface area (Å²) < 4.78 is 42.8. The Morgan fingerprint density at radius 3 is 2.10 bits per heavy atom. The normalized spacial score (nSPS) is 10.9. The molecule has 0 aliphatic carbocycles. The molecule has 8 nitrogen and oxygen atoms in total. The Morgan fingerprint density at radius 1 is 0.792 bits per heavy atom. The number of hydrogen-bond donors (Lipinski definition) is 3. The molecular weight excluding hydrogens is 618 g/mol. The van der Waals surface area contributed by atoms with E-state index in [2.05, 4.69) is 14.7 Å². The third kappa shape index (κ3) is 8.26. The predicted molar refractivity (Wildman–Crippen MR) is 181 cm³/mol. The van der Waals surface area contributed by atoms with E-state index in [1.54, 1.807) is 6.07 Å². The van der Waals surface area contributed by atoms with Crippen LogP contribution < -0.4 is 15.0 Å². The molecule has 0 amide bonds. The van der Waals surface area contributed by atoms with Gasteiger partial charge in [-0.25, -0.2) is 8.78 Å². The highest BCUT2D eigenvalue weighted by Crippen LogP contribution is 2.30. The molecule has 4 aromatic carbocycles. The first-order valence-corrected chi connectivity index (χ1v) is 15.4. The fourth-order valence-corrected chi connectivity index (χ4v) is 5.58. The first-order chi connectivity index (χ1) is 23.3. The van der Waals surface area contributed by atoms with E-state index < -0.39 is 17.6 Å². The van der Waals surface area contributed by atoms with Crippen LogP contribution in [0.4, 0.5) is 8.78 Å². The average molecular weight is 655 g/mol. The van der Waals surface area contributed by atoms with Gasteiger partial charge in [-0.2, -0.15) is 0 Å². The molecule has 0 saturated heterocycles. The van der Waals surface area contributed by atoms with Crippen molar-refractivity contribution in [3.8, 4) is 11.5 Å². The topological polar surface area (TPSA) is 114 Å². The van der Waals surface area contributed by atoms with Crippen LogP contribution in [-0.2, 0) is 35.4 Å². The monoisotopic (exact) mass is 654 g/mol. The van der Waals surface area contributed by atoms with Crippen molar-refractivity contribution >= 4 is 27.8 Å². The summed E-state index contributed by atoms with van der Waals surface area (Å²) in [5.41, 5.74) is 5.50. The molecule has 6 aromatic rings. The fourth-order valence-electron chi connectivity index (χ4n) is 5.58. The predicted octanol–water partition coefficient (Wildman–Crippen LogP) is 7.36. The van der Waals surface area contributed by atoms with Crippen molar-refractivity contribution < 1.29 is 32.9 Å². The Labute approximate surface area is 275 Å². The number of aromatic nitrogens is 2. The van der Waals surface area contributed by atoms with Gasteiger partial charge in [-0.3, -0.25) is 9.59 Å². The van der Waals surface area contributed by atoms with Crippen LogP contribution in [0.25, 0.3) is 21.8 Å². The van der Waals surface area contributed by atoms with Crippen LogP contribution in [0.2, 0.25) is 0 Å². The molecule has 48 heavy (non-hydrogen) atoms. The number of carboxylic acids is 1. The Balaban J connectivity index is 0.000000292. The summed E-state index contributed by atoms with van der Waals surface area (Å²) in [5.74, 6) is -1.63. The smallest absolute Gasteiger partial charge is 0.307 e. The van der Waals surface area contributed by atoms with E-state index >= 15 is 0 Å². The number of aryl methyl sites for hydroxylation is 1. The molecule has 0 bridgehead atoms. The fraction of sp³-hybridized carbons (Fsp3) is 0.211. The van der Waals surface area contributed by atoms with Crippen LogP contribution in [0.1, 0.15) is 34.4 Å². The summed E-state index contributed by atoms with van der Waals surface area (Å²) in [4.78, 5) is 30.1. The summed E-state index contributed by atoms with van der Waals surface area (Å²) in [6.45, 7) is 1.11. The second-order valence-corrected chi connectivity index (χ2v) is 11.2. The van der Waals surface area contributed by atoms with Crippen molar-refractivity contribution in [1.29, 1.82) is 0 Å². The number of carboxylic acid groups (broad SMARTS) is 1. The van der Waals surface area contributed by atoms with Gasteiger partial charge in [-0.05, 0) is 59.9 Å². The van der Waals surface area contributed by atoms with Crippen LogP contribution in [0.3, 0.4) is 0 Å². The maximum atomic E-state index is 14.3. The molecule has 0 atom stereocenters. The minimum Gasteiger partial charge on any atom is -0.494 e. The molecule has 0 saturated carbocycles. The lowest BCUT2D eigenvalue weighted by atomic mass is 10.0. The Bertz CT molecular complexity index is 2070. The zero-order valence-corrected chi connectivity index (χ0v) is 26.6. The molecular formula is C38H36F2N2O6. The molecule has 2 aromatic heterocycles. The molecule has 0 aliphatic rings. The zero-order chi connectivity index (χ0) is 34.0. The van der Waals surface area contributed by atoms with Crippen molar-refractivity contribution in [2.24, 2.45) is 0 Å². The van der Waals surface area contributed by atoms with Gasteiger partial charge in [0.05, 0.1) is 32.8 Å². The van der Waals surface area contributed by atoms with Crippen molar-refractivity contribution in [2.45, 2.75) is 32.3 Å². The number of methoxy groups -OCH3 is 2. The van der Waals surface area contributed by atoms with E-state index in [0.29, 0.717) is 31.6 Å². The summed E-state index contributed by atoms with van der Waals surface area (Å²) in [6.07, 6.45) is 1.54. The quantitative estimate of drug-likeness (QED) is 0.119. The van der Waals surface area contributed by atoms with E-state index in [1.165, 1.54) is 32.4 Å². The second kappa shape index (κ2) is 15.9. The molecule has 6 rings (SSSR count). The van der Waals surface area contributed by atoms with Gasteiger partial charge in [0.1, 0.15) is 0 Å². The van der Waals surface area contributed by atoms with Crippen LogP contribution in [-0.4, -0.2) is 41.9 Å². The van der Waals surface area contributed by atoms with Crippen molar-refractivity contribution in [1.82, 2.24) is 9.97 Å². The number of para-hydroxylation sites is 1. The third-order valence-corrected chi connectivity index (χ3v) is 7.84. The van der Waals surface area contributed by atoms with Gasteiger partial charge in [0.2, 0.25) is 0 Å². The number of carbonyl (C=O) groups is 1. The number of ether oxygens (including phenoxy) is 3. The van der Waals surface area contributed by atoms with Crippen molar-refractivity contribution in [3.63, 3.8) is 0 Å². The molecule has 10 heteroatoms. The highest BCUT2D eigenvalue weighted by atomic mass is 19.1. The Kier molecular flexibility index (Phi) is 11.2. The molecule has 2 heterocycles. The number of benzene rings is 4. The van der Waals surface area contributed by atoms with Gasteiger partial charge in [0, 0.05) is 40.6 Å². The summed E-state index contributed by atoms with van der Waals surface area (Å²) in [5, 5.41) is 10.4. The van der Waals surface area contributed by atoms with E-state index in [4.69, 9.17) is 14.6 Å². The molecule has 0 unspecified atom stereocenters. The maximum absolute atomic E-state index is 14.3. The Hall–Kier alpha value is -5.48. The van der Waals surface area contributed by atoms with Gasteiger partial charge in [-0.15, -0.1) is 0 Å². The summed E-state index contributed by atoms with van der Waals surface area (Å²) in [7, 11) is 2.80. The number of pyridine rings is 1. The van der Waals surface area contributed by atoms with Gasteiger partial charge in [0.25, 0.3) is 5.56 Å². The SMILES string of the molecule is COc1ccc(CC(=O)O)cc1F.COc1ccc(Cc2[nH]c(=O)c(CCCOCc3ccccc3)c3c2[nH]c2ccccc23)cc1F. The lowest BCUT2D eigenvalue weighted by Crippen LogP contribution is -2.16. The number of aliphatic carboxylic acids is 1. The highest BCUT2D eigenvalue weighted by Gasteiger charge is 2.17. The van der Waals surface area contributed by atoms with Gasteiger partial charge >= 0.3 is 5.97 Å². The first kappa shape index (κ1) is 33.9. The Morgan fingerprint density at radius 2 is 1.44 bits per heavy atom. The van der Waals surface area contributed by atoms with E-state index in [9.17, 15) is 18.4 Å². The van der Waals surface area contributed by atoms with Crippen molar-refractivity contribution in [2.75, 3.05) is 20.8 Å². The molecule has 248 valence electrons. The number of fused-ring (bicyclic) bond motifs is 3. The number of H-pyrrole nitrogens is 2. The van der Waals surface area contributed by atoms with Crippen LogP contribution in [0.15, 0.2) is 95.8 Å². The largest absolute Gasteiger partial charge is 0.494 e.